The summed E-state index contributed by atoms with van der Waals surface area (Å²) in [4.78, 5) is 0. The van der Waals surface area contributed by atoms with Crippen LogP contribution in [0.15, 0.2) is 0 Å². The third-order valence-corrected chi connectivity index (χ3v) is 3.09. The summed E-state index contributed by atoms with van der Waals surface area (Å²) in [6.45, 7) is 5.99. The van der Waals surface area contributed by atoms with E-state index in [1.807, 2.05) is 20.8 Å². The Kier molecular flexibility index (Phi) is 2.31. The van der Waals surface area contributed by atoms with E-state index in [2.05, 4.69) is 0 Å². The number of rotatable bonds is 1. The van der Waals surface area contributed by atoms with Gasteiger partial charge >= 0.3 is 8.60 Å². The van der Waals surface area contributed by atoms with E-state index in [9.17, 15) is 0 Å². The molecule has 1 fully saturated rings. The highest BCUT2D eigenvalue weighted by atomic mass is 31.2. The molecule has 10 heavy (non-hydrogen) atoms. The van der Waals surface area contributed by atoms with Gasteiger partial charge in [0.2, 0.25) is 0 Å². The molecule has 0 aliphatic carbocycles. The molecule has 1 heterocycles. The van der Waals surface area contributed by atoms with Gasteiger partial charge in [-0.15, -0.1) is 0 Å². The summed E-state index contributed by atoms with van der Waals surface area (Å²) in [6.07, 6.45) is 0.124. The molecule has 0 bridgehead atoms. The minimum atomic E-state index is -1.07. The standard InChI is InChI=1S/C6H13O3P/c1-5-6(2,3)9-10(7-4)8-5/h5H,1-4H3. The molecular formula is C6H13O3P. The first-order valence-corrected chi connectivity index (χ1v) is 4.36. The van der Waals surface area contributed by atoms with Crippen LogP contribution in [0.25, 0.3) is 0 Å². The number of hydrogen-bond acceptors (Lipinski definition) is 3. The van der Waals surface area contributed by atoms with Crippen molar-refractivity contribution in [1.82, 2.24) is 0 Å². The van der Waals surface area contributed by atoms with Gasteiger partial charge in [-0.1, -0.05) is 0 Å². The normalized spacial score (nSPS) is 38.4. The molecule has 2 atom stereocenters. The van der Waals surface area contributed by atoms with Crippen LogP contribution in [0.3, 0.4) is 0 Å². The van der Waals surface area contributed by atoms with Crippen LogP contribution < -0.4 is 0 Å². The zero-order valence-corrected chi connectivity index (χ0v) is 7.64. The van der Waals surface area contributed by atoms with Gasteiger partial charge < -0.3 is 13.6 Å². The Labute approximate surface area is 62.7 Å². The van der Waals surface area contributed by atoms with E-state index >= 15 is 0 Å². The molecule has 0 saturated carbocycles. The molecule has 0 aromatic heterocycles. The second-order valence-corrected chi connectivity index (χ2v) is 4.05. The summed E-state index contributed by atoms with van der Waals surface area (Å²) in [5.74, 6) is 0. The van der Waals surface area contributed by atoms with Gasteiger partial charge in [0.05, 0.1) is 11.7 Å². The van der Waals surface area contributed by atoms with Gasteiger partial charge in [0.15, 0.2) is 0 Å². The lowest BCUT2D eigenvalue weighted by molar-refractivity contribution is 0.0840. The average molecular weight is 164 g/mol. The molecule has 0 aromatic rings. The Morgan fingerprint density at radius 3 is 2.30 bits per heavy atom. The molecule has 0 N–H and O–H groups in total. The molecule has 4 heteroatoms. The first-order valence-electron chi connectivity index (χ1n) is 3.26. The molecule has 0 amide bonds. The maximum absolute atomic E-state index is 5.43. The fraction of sp³-hybridized carbons (Fsp3) is 1.00. The van der Waals surface area contributed by atoms with Crippen LogP contribution >= 0.6 is 8.60 Å². The van der Waals surface area contributed by atoms with Crippen LogP contribution in [0.2, 0.25) is 0 Å². The Bertz CT molecular complexity index is 126. The molecule has 1 aliphatic heterocycles. The van der Waals surface area contributed by atoms with E-state index < -0.39 is 8.60 Å². The summed E-state index contributed by atoms with van der Waals surface area (Å²) >= 11 is 0. The van der Waals surface area contributed by atoms with Gasteiger partial charge in [0, 0.05) is 7.11 Å². The largest absolute Gasteiger partial charge is 0.333 e. The second kappa shape index (κ2) is 2.74. The van der Waals surface area contributed by atoms with Gasteiger partial charge in [0.25, 0.3) is 0 Å². The van der Waals surface area contributed by atoms with Crippen molar-refractivity contribution in [3.05, 3.63) is 0 Å². The highest BCUT2D eigenvalue weighted by Gasteiger charge is 2.41. The zero-order valence-electron chi connectivity index (χ0n) is 6.75. The third kappa shape index (κ3) is 1.48. The minimum Gasteiger partial charge on any atom is -0.316 e. The van der Waals surface area contributed by atoms with Gasteiger partial charge in [-0.3, -0.25) is 0 Å². The van der Waals surface area contributed by atoms with Crippen LogP contribution in [0, 0.1) is 0 Å². The lowest BCUT2D eigenvalue weighted by atomic mass is 10.0. The predicted molar refractivity (Wildman–Crippen MR) is 39.6 cm³/mol. The van der Waals surface area contributed by atoms with Gasteiger partial charge in [-0.25, -0.2) is 0 Å². The quantitative estimate of drug-likeness (QED) is 0.555. The summed E-state index contributed by atoms with van der Waals surface area (Å²) in [5, 5.41) is 0. The lowest BCUT2D eigenvalue weighted by Crippen LogP contribution is -2.29. The van der Waals surface area contributed by atoms with E-state index in [-0.39, 0.29) is 11.7 Å². The van der Waals surface area contributed by atoms with Crippen molar-refractivity contribution in [3.8, 4) is 0 Å². The van der Waals surface area contributed by atoms with Crippen LogP contribution in [-0.2, 0) is 13.6 Å². The van der Waals surface area contributed by atoms with Crippen molar-refractivity contribution in [3.63, 3.8) is 0 Å². The Balaban J connectivity index is 2.53. The van der Waals surface area contributed by atoms with Crippen molar-refractivity contribution >= 4 is 8.60 Å². The Morgan fingerprint density at radius 2 is 2.10 bits per heavy atom. The summed E-state index contributed by atoms with van der Waals surface area (Å²) < 4.78 is 15.7. The Morgan fingerprint density at radius 1 is 1.50 bits per heavy atom. The van der Waals surface area contributed by atoms with Gasteiger partial charge in [-0.2, -0.15) is 0 Å². The molecule has 2 unspecified atom stereocenters. The van der Waals surface area contributed by atoms with Gasteiger partial charge in [0.1, 0.15) is 0 Å². The Hall–Kier alpha value is 0.310. The van der Waals surface area contributed by atoms with Gasteiger partial charge in [-0.05, 0) is 20.8 Å². The maximum Gasteiger partial charge on any atom is 0.333 e. The highest BCUT2D eigenvalue weighted by molar-refractivity contribution is 7.42. The highest BCUT2D eigenvalue weighted by Crippen LogP contribution is 2.52. The summed E-state index contributed by atoms with van der Waals surface area (Å²) in [6, 6.07) is 0. The molecule has 1 saturated heterocycles. The molecule has 1 rings (SSSR count). The van der Waals surface area contributed by atoms with Crippen LogP contribution in [0.4, 0.5) is 0 Å². The molecular weight excluding hydrogens is 151 g/mol. The summed E-state index contributed by atoms with van der Waals surface area (Å²) in [7, 11) is 0.527. The van der Waals surface area contributed by atoms with Crippen molar-refractivity contribution in [1.29, 1.82) is 0 Å². The van der Waals surface area contributed by atoms with E-state index in [0.29, 0.717) is 0 Å². The van der Waals surface area contributed by atoms with Crippen LogP contribution in [0.1, 0.15) is 20.8 Å². The van der Waals surface area contributed by atoms with Crippen molar-refractivity contribution < 1.29 is 13.6 Å². The van der Waals surface area contributed by atoms with E-state index in [4.69, 9.17) is 13.6 Å². The molecule has 0 radical (unpaired) electrons. The SMILES string of the molecule is COP1OC(C)C(C)(C)O1. The van der Waals surface area contributed by atoms with E-state index in [1.54, 1.807) is 7.11 Å². The first-order chi connectivity index (χ1) is 4.56. The fourth-order valence-electron chi connectivity index (χ4n) is 0.624. The average Bonchev–Trinajstić information content (AvgIpc) is 2.08. The third-order valence-electron chi connectivity index (χ3n) is 1.68. The van der Waals surface area contributed by atoms with E-state index in [1.165, 1.54) is 0 Å². The van der Waals surface area contributed by atoms with Crippen molar-refractivity contribution in [2.24, 2.45) is 0 Å². The van der Waals surface area contributed by atoms with Crippen molar-refractivity contribution in [2.45, 2.75) is 32.5 Å². The van der Waals surface area contributed by atoms with Crippen LogP contribution in [0.5, 0.6) is 0 Å². The van der Waals surface area contributed by atoms with E-state index in [0.717, 1.165) is 0 Å². The maximum atomic E-state index is 5.43. The monoisotopic (exact) mass is 164 g/mol. The molecule has 0 aromatic carbocycles. The number of hydrogen-bond donors (Lipinski definition) is 0. The second-order valence-electron chi connectivity index (χ2n) is 2.85. The lowest BCUT2D eigenvalue weighted by Gasteiger charge is -2.18. The zero-order chi connectivity index (χ0) is 7.78. The molecule has 3 nitrogen and oxygen atoms in total. The van der Waals surface area contributed by atoms with Crippen molar-refractivity contribution in [2.75, 3.05) is 7.11 Å². The van der Waals surface area contributed by atoms with Crippen LogP contribution in [-0.4, -0.2) is 18.8 Å². The molecule has 60 valence electrons. The first kappa shape index (κ1) is 8.41. The molecule has 1 aliphatic rings. The molecule has 0 spiro atoms. The predicted octanol–water partition coefficient (Wildman–Crippen LogP) is 2.07. The minimum absolute atomic E-state index is 0.124. The summed E-state index contributed by atoms with van der Waals surface area (Å²) in [5.41, 5.74) is -0.193. The fourth-order valence-corrected chi connectivity index (χ4v) is 1.87. The smallest absolute Gasteiger partial charge is 0.316 e. The topological polar surface area (TPSA) is 27.7 Å².